The average Bonchev–Trinajstić information content (AvgIpc) is 3.19. The van der Waals surface area contributed by atoms with Crippen molar-refractivity contribution >= 4 is 101 Å². The number of alkyl carbamates (subject to hydrolysis) is 4. The molecular weight excluding hydrogens is 1430 g/mol. The summed E-state index contributed by atoms with van der Waals surface area (Å²) in [5, 5.41) is 31.0. The maximum Gasteiger partial charge on any atom is 0.407 e. The fourth-order valence-electron chi connectivity index (χ4n) is 9.01. The molecule has 0 saturated carbocycles. The first-order valence-electron chi connectivity index (χ1n) is 27.6. The van der Waals surface area contributed by atoms with Crippen LogP contribution in [0.4, 0.5) is 19.2 Å². The second-order valence-electron chi connectivity index (χ2n) is 26.5. The third-order valence-electron chi connectivity index (χ3n) is 10.6. The Labute approximate surface area is 532 Å². The Balaban J connectivity index is -0.0000304. The highest BCUT2D eigenvalue weighted by atomic mass is 127. The molecule has 0 radical (unpaired) electrons. The SMILES string of the molecule is C[N+](C)(C)CCCNC(=O)OCC(O)COC(=O)NCCC[Si](C)(C)O[Si](C)(C)O[Si](C)(C)O[Si](C)(C)O[Si](C)(C)O[Si](C)(C)O[Si](C)(C)O[Si](C)(C)O[Si](C)(C)CCCNC(=O)OCC(O)COC(=O)NCCC[N+](C)(C)C.[I-].[I-]. The number of hydrogen-bond donors (Lipinski definition) is 6. The number of hydrogen-bond acceptors (Lipinski definition) is 18. The summed E-state index contributed by atoms with van der Waals surface area (Å²) in [6, 6.07) is 1.51. The van der Waals surface area contributed by atoms with Gasteiger partial charge in [-0.1, -0.05) is 0 Å². The zero-order valence-corrected chi connectivity index (χ0v) is 67.4. The van der Waals surface area contributed by atoms with Gasteiger partial charge >= 0.3 is 84.3 Å². The van der Waals surface area contributed by atoms with Crippen molar-refractivity contribution < 1.29 is 138 Å². The number of quaternary nitrogens is 2. The molecule has 81 heavy (non-hydrogen) atoms. The molecule has 4 amide bonds. The minimum atomic E-state index is -2.84. The molecule has 0 aliphatic rings. The second-order valence-corrected chi connectivity index (χ2v) is 60.7. The van der Waals surface area contributed by atoms with Gasteiger partial charge in [0.15, 0.2) is 16.6 Å². The topological polar surface area (TPSA) is 268 Å². The van der Waals surface area contributed by atoms with E-state index < -0.39 is 113 Å². The predicted molar refractivity (Wildman–Crippen MR) is 329 cm³/mol. The third-order valence-corrected chi connectivity index (χ3v) is 45.7. The van der Waals surface area contributed by atoms with Crippen LogP contribution in [0.2, 0.25) is 130 Å². The number of nitrogens with zero attached hydrogens (tertiary/aromatic N) is 2. The highest BCUT2D eigenvalue weighted by molar-refractivity contribution is 6.93. The number of halogens is 2. The Morgan fingerprint density at radius 1 is 0.346 bits per heavy atom. The van der Waals surface area contributed by atoms with Crippen LogP contribution in [-0.2, 0) is 51.9 Å². The van der Waals surface area contributed by atoms with Crippen LogP contribution in [0.15, 0.2) is 0 Å². The van der Waals surface area contributed by atoms with Crippen molar-refractivity contribution in [2.75, 3.05) is 108 Å². The molecule has 35 heteroatoms. The van der Waals surface area contributed by atoms with Gasteiger partial charge in [-0.25, -0.2) is 19.2 Å². The molecule has 0 aromatic heterocycles. The van der Waals surface area contributed by atoms with Crippen LogP contribution in [0.3, 0.4) is 0 Å². The van der Waals surface area contributed by atoms with Crippen molar-refractivity contribution in [2.24, 2.45) is 0 Å². The Hall–Kier alpha value is 0.0119. The van der Waals surface area contributed by atoms with E-state index in [0.717, 1.165) is 47.0 Å². The first kappa shape index (κ1) is 85.2. The average molecular weight is 1540 g/mol. The summed E-state index contributed by atoms with van der Waals surface area (Å²) in [6.07, 6.45) is -2.01. The van der Waals surface area contributed by atoms with Gasteiger partial charge in [-0.15, -0.1) is 0 Å². The molecule has 0 aliphatic carbocycles. The molecule has 0 bridgehead atoms. The Bertz CT molecular complexity index is 1730. The maximum atomic E-state index is 12.3. The number of carbonyl (C=O) groups is 4. The van der Waals surface area contributed by atoms with Crippen LogP contribution >= 0.6 is 0 Å². The number of carbonyl (C=O) groups excluding carboxylic acids is 4. The lowest BCUT2D eigenvalue weighted by atomic mass is 10.4. The van der Waals surface area contributed by atoms with Crippen LogP contribution in [0, 0.1) is 0 Å². The van der Waals surface area contributed by atoms with Gasteiger partial charge in [-0.05, 0) is 143 Å². The maximum absolute atomic E-state index is 12.3. The molecule has 2 atom stereocenters. The second kappa shape index (κ2) is 37.1. The molecule has 0 aromatic carbocycles. The molecule has 2 unspecified atom stereocenters. The molecule has 0 heterocycles. The zero-order valence-electron chi connectivity index (χ0n) is 54.0. The van der Waals surface area contributed by atoms with Crippen molar-refractivity contribution in [3.8, 4) is 0 Å². The van der Waals surface area contributed by atoms with Gasteiger partial charge in [-0.2, -0.15) is 0 Å². The highest BCUT2D eigenvalue weighted by Crippen LogP contribution is 2.31. The summed E-state index contributed by atoms with van der Waals surface area (Å²) in [5.74, 6) is 0. The smallest absolute Gasteiger partial charge is 0.407 e. The lowest BCUT2D eigenvalue weighted by Gasteiger charge is -2.44. The monoisotopic (exact) mass is 1540 g/mol. The van der Waals surface area contributed by atoms with Gasteiger partial charge in [0.25, 0.3) is 0 Å². The predicted octanol–water partition coefficient (Wildman–Crippen LogP) is 1.05. The quantitative estimate of drug-likeness (QED) is 0.0165. The molecule has 24 nitrogen and oxygen atoms in total. The van der Waals surface area contributed by atoms with Crippen molar-refractivity contribution in [3.05, 3.63) is 0 Å². The summed E-state index contributed by atoms with van der Waals surface area (Å²) in [4.78, 5) is 48.5. The first-order chi connectivity index (χ1) is 35.4. The molecule has 0 fully saturated rings. The fraction of sp³-hybridized carbons (Fsp3) is 0.913. The van der Waals surface area contributed by atoms with E-state index in [1.54, 1.807) is 0 Å². The molecule has 484 valence electrons. The van der Waals surface area contributed by atoms with E-state index in [-0.39, 0.29) is 74.4 Å². The Morgan fingerprint density at radius 3 is 0.728 bits per heavy atom. The molecule has 0 aliphatic heterocycles. The summed E-state index contributed by atoms with van der Waals surface area (Å²) in [6.45, 7) is 39.0. The molecule has 6 N–H and O–H groups in total. The van der Waals surface area contributed by atoms with E-state index in [1.165, 1.54) is 0 Å². The van der Waals surface area contributed by atoms with Crippen molar-refractivity contribution in [2.45, 2.75) is 168 Å². The van der Waals surface area contributed by atoms with Gasteiger partial charge in [-0.3, -0.25) is 0 Å². The molecule has 0 saturated heterocycles. The number of ether oxygens (including phenoxy) is 4. The lowest BCUT2D eigenvalue weighted by Crippen LogP contribution is -3.00. The van der Waals surface area contributed by atoms with Crippen LogP contribution in [-0.4, -0.2) is 240 Å². The van der Waals surface area contributed by atoms with Crippen molar-refractivity contribution in [3.63, 3.8) is 0 Å². The molecule has 0 aromatic rings. The number of aliphatic hydroxyl groups excluding tert-OH is 2. The summed E-state index contributed by atoms with van der Waals surface area (Å²) >= 11 is 0. The van der Waals surface area contributed by atoms with Crippen LogP contribution in [0.5, 0.6) is 0 Å². The first-order valence-corrected chi connectivity index (χ1v) is 53.6. The normalized spacial score (nSPS) is 14.1. The van der Waals surface area contributed by atoms with E-state index in [1.807, 2.05) is 91.7 Å². The minimum Gasteiger partial charge on any atom is -1.00 e. The van der Waals surface area contributed by atoms with Gasteiger partial charge in [0.2, 0.25) is 0 Å². The Kier molecular flexibility index (Phi) is 39.0. The number of amides is 4. The van der Waals surface area contributed by atoms with Gasteiger partial charge in [0.05, 0.1) is 55.4 Å². The largest absolute Gasteiger partial charge is 1.00 e. The van der Waals surface area contributed by atoms with E-state index in [2.05, 4.69) is 89.7 Å². The van der Waals surface area contributed by atoms with Gasteiger partial charge < -0.3 is 140 Å². The standard InChI is InChI=1S/C46H110N6O18Si9.2HI/c1-51(2,3)33-25-29-47-43(55)59-37-41(53)39-61-45(57)49-31-27-35-71(7,8)63-73(11,12)65-75(15,16)67-77(19,20)69-79(23,24)70-78(21,22)68-76(17,18)66-74(13,14)64-72(9,10)36-28-32-50-46(58)62-40-42(54)38-60-44(56)48-30-26-34-52(4,5)6;;/h41-42,53-54H,25-40H2,1-24H3,(H2-2,47,48,49,50,55,56,57,58);2*1H. The van der Waals surface area contributed by atoms with Crippen molar-refractivity contribution in [1.82, 2.24) is 21.3 Å². The highest BCUT2D eigenvalue weighted by Gasteiger charge is 2.50. The fourth-order valence-corrected chi connectivity index (χ4v) is 54.7. The van der Waals surface area contributed by atoms with Gasteiger partial charge in [0.1, 0.15) is 38.6 Å². The number of aliphatic hydroxyl groups is 2. The van der Waals surface area contributed by atoms with Crippen LogP contribution < -0.4 is 69.2 Å². The van der Waals surface area contributed by atoms with Crippen LogP contribution in [0.25, 0.3) is 0 Å². The minimum absolute atomic E-state index is 0. The zero-order chi connectivity index (χ0) is 61.6. The van der Waals surface area contributed by atoms with E-state index in [4.69, 9.17) is 51.9 Å². The third kappa shape index (κ3) is 48.7. The van der Waals surface area contributed by atoms with Gasteiger partial charge in [0, 0.05) is 39.0 Å². The summed E-state index contributed by atoms with van der Waals surface area (Å²) in [5.41, 5.74) is 0. The summed E-state index contributed by atoms with van der Waals surface area (Å²) in [7, 11) is -11.6. The molecular formula is C46H112I2N6O18Si9. The van der Waals surface area contributed by atoms with E-state index in [0.29, 0.717) is 39.0 Å². The molecule has 0 spiro atoms. The van der Waals surface area contributed by atoms with E-state index in [9.17, 15) is 29.4 Å². The summed E-state index contributed by atoms with van der Waals surface area (Å²) < 4.78 is 76.3. The number of nitrogens with one attached hydrogen (secondary N) is 4. The van der Waals surface area contributed by atoms with Crippen molar-refractivity contribution in [1.29, 1.82) is 0 Å². The molecule has 0 rings (SSSR count). The number of rotatable bonds is 40. The Morgan fingerprint density at radius 2 is 0.531 bits per heavy atom. The van der Waals surface area contributed by atoms with Crippen LogP contribution in [0.1, 0.15) is 25.7 Å². The van der Waals surface area contributed by atoms with E-state index >= 15 is 0 Å². The lowest BCUT2D eigenvalue weighted by molar-refractivity contribution is -0.870.